The number of ether oxygens (including phenoxy) is 2. The lowest BCUT2D eigenvalue weighted by Gasteiger charge is -2.22. The molecule has 0 aromatic rings. The van der Waals surface area contributed by atoms with Gasteiger partial charge in [0.1, 0.15) is 11.6 Å². The summed E-state index contributed by atoms with van der Waals surface area (Å²) in [7, 11) is 0. The number of carbonyl (C=O) groups excluding carboxylic acids is 4. The van der Waals surface area contributed by atoms with E-state index in [1.165, 1.54) is 6.92 Å². The molecule has 0 aromatic carbocycles. The molecular formula is C16H28N2O6S. The molecule has 0 spiro atoms. The van der Waals surface area contributed by atoms with Gasteiger partial charge in [-0.25, -0.2) is 9.59 Å². The third kappa shape index (κ3) is 13.2. The Balaban J connectivity index is 4.44. The molecule has 0 radical (unpaired) electrons. The second-order valence-corrected chi connectivity index (χ2v) is 7.45. The predicted octanol–water partition coefficient (Wildman–Crippen LogP) is 1.62. The first-order valence-electron chi connectivity index (χ1n) is 8.11. The van der Waals surface area contributed by atoms with Crippen molar-refractivity contribution in [2.24, 2.45) is 0 Å². The summed E-state index contributed by atoms with van der Waals surface area (Å²) in [4.78, 5) is 46.3. The first-order chi connectivity index (χ1) is 11.5. The third-order valence-corrected chi connectivity index (χ3v) is 3.47. The van der Waals surface area contributed by atoms with Crippen molar-refractivity contribution in [3.8, 4) is 0 Å². The fraction of sp³-hybridized carbons (Fsp3) is 0.750. The van der Waals surface area contributed by atoms with Crippen LogP contribution in [-0.2, 0) is 23.9 Å². The highest BCUT2D eigenvalue weighted by Crippen LogP contribution is 2.08. The van der Waals surface area contributed by atoms with E-state index in [-0.39, 0.29) is 30.5 Å². The van der Waals surface area contributed by atoms with Crippen LogP contribution in [0.4, 0.5) is 4.79 Å². The van der Waals surface area contributed by atoms with E-state index < -0.39 is 23.7 Å². The molecule has 8 nitrogen and oxygen atoms in total. The molecule has 9 heteroatoms. The number of thioether (sulfide) groups is 1. The molecule has 0 fully saturated rings. The Hall–Kier alpha value is -1.77. The molecule has 0 heterocycles. The average Bonchev–Trinajstić information content (AvgIpc) is 2.46. The lowest BCUT2D eigenvalue weighted by atomic mass is 10.1. The quantitative estimate of drug-likeness (QED) is 0.465. The number of nitrogens with one attached hydrogen (secondary N) is 2. The van der Waals surface area contributed by atoms with Crippen molar-refractivity contribution in [2.75, 3.05) is 18.9 Å². The molecule has 2 N–H and O–H groups in total. The van der Waals surface area contributed by atoms with Gasteiger partial charge in [-0.1, -0.05) is 11.8 Å². The third-order valence-electron chi connectivity index (χ3n) is 2.65. The molecule has 2 amide bonds. The minimum absolute atomic E-state index is 0.0156. The topological polar surface area (TPSA) is 111 Å². The van der Waals surface area contributed by atoms with Crippen LogP contribution in [0.2, 0.25) is 0 Å². The van der Waals surface area contributed by atoms with Crippen LogP contribution in [0.3, 0.4) is 0 Å². The van der Waals surface area contributed by atoms with E-state index in [1.807, 2.05) is 0 Å². The van der Waals surface area contributed by atoms with Gasteiger partial charge in [0.2, 0.25) is 5.91 Å². The summed E-state index contributed by atoms with van der Waals surface area (Å²) < 4.78 is 10.0. The van der Waals surface area contributed by atoms with E-state index in [0.717, 1.165) is 11.8 Å². The standard InChI is InChI=1S/C16H28N2O6S/c1-6-23-14(21)12(18-15(22)24-16(3,4)5)7-8-13(20)17-9-10-25-11(2)19/h12H,6-10H2,1-5H3,(H,17,20)(H,18,22)/t12-/m0/s1. The maximum Gasteiger partial charge on any atom is 0.408 e. The van der Waals surface area contributed by atoms with Gasteiger partial charge < -0.3 is 20.1 Å². The summed E-state index contributed by atoms with van der Waals surface area (Å²) in [6, 6.07) is -0.966. The number of hydrogen-bond acceptors (Lipinski definition) is 7. The predicted molar refractivity (Wildman–Crippen MR) is 95.2 cm³/mol. The second kappa shape index (κ2) is 11.7. The van der Waals surface area contributed by atoms with Gasteiger partial charge in [-0.3, -0.25) is 9.59 Å². The normalized spacial score (nSPS) is 12.0. The Labute approximate surface area is 152 Å². The first-order valence-corrected chi connectivity index (χ1v) is 9.10. The fourth-order valence-corrected chi connectivity index (χ4v) is 2.18. The zero-order chi connectivity index (χ0) is 19.5. The van der Waals surface area contributed by atoms with Crippen LogP contribution in [0.15, 0.2) is 0 Å². The van der Waals surface area contributed by atoms with Crippen LogP contribution in [-0.4, -0.2) is 53.6 Å². The van der Waals surface area contributed by atoms with Gasteiger partial charge >= 0.3 is 12.1 Å². The molecule has 0 aliphatic rings. The smallest absolute Gasteiger partial charge is 0.408 e. The Bertz CT molecular complexity index is 476. The number of hydrogen-bond donors (Lipinski definition) is 2. The molecule has 1 atom stereocenters. The van der Waals surface area contributed by atoms with Gasteiger partial charge in [0.05, 0.1) is 6.61 Å². The number of amides is 2. The van der Waals surface area contributed by atoms with Crippen molar-refractivity contribution in [1.29, 1.82) is 0 Å². The highest BCUT2D eigenvalue weighted by molar-refractivity contribution is 8.13. The van der Waals surface area contributed by atoms with Crippen LogP contribution < -0.4 is 10.6 Å². The summed E-state index contributed by atoms with van der Waals surface area (Å²) >= 11 is 1.12. The van der Waals surface area contributed by atoms with Crippen molar-refractivity contribution >= 4 is 34.8 Å². The molecule has 0 saturated carbocycles. The minimum Gasteiger partial charge on any atom is -0.464 e. The van der Waals surface area contributed by atoms with Crippen molar-refractivity contribution in [2.45, 2.75) is 59.1 Å². The molecule has 0 aromatic heterocycles. The van der Waals surface area contributed by atoms with E-state index in [9.17, 15) is 19.2 Å². The summed E-state index contributed by atoms with van der Waals surface area (Å²) in [6.07, 6.45) is -0.628. The molecule has 0 aliphatic carbocycles. The largest absolute Gasteiger partial charge is 0.464 e. The Morgan fingerprint density at radius 2 is 1.80 bits per heavy atom. The van der Waals surface area contributed by atoms with E-state index in [1.54, 1.807) is 27.7 Å². The molecule has 0 bridgehead atoms. The van der Waals surface area contributed by atoms with Gasteiger partial charge in [0.15, 0.2) is 5.12 Å². The first kappa shape index (κ1) is 23.2. The molecule has 0 unspecified atom stereocenters. The molecule has 25 heavy (non-hydrogen) atoms. The number of esters is 1. The van der Waals surface area contributed by atoms with E-state index >= 15 is 0 Å². The Morgan fingerprint density at radius 3 is 2.32 bits per heavy atom. The van der Waals surface area contributed by atoms with Crippen LogP contribution >= 0.6 is 11.8 Å². The van der Waals surface area contributed by atoms with Crippen LogP contribution in [0, 0.1) is 0 Å². The molecule has 0 aliphatic heterocycles. The SMILES string of the molecule is CCOC(=O)[C@H](CCC(=O)NCCSC(C)=O)NC(=O)OC(C)(C)C. The second-order valence-electron chi connectivity index (χ2n) is 6.18. The van der Waals surface area contributed by atoms with Gasteiger partial charge in [-0.05, 0) is 34.1 Å². The minimum atomic E-state index is -0.966. The Kier molecular flexibility index (Phi) is 10.9. The molecule has 0 rings (SSSR count). The van der Waals surface area contributed by atoms with Crippen molar-refractivity contribution in [3.63, 3.8) is 0 Å². The molecule has 0 saturated heterocycles. The zero-order valence-corrected chi connectivity index (χ0v) is 16.3. The maximum atomic E-state index is 11.9. The lowest BCUT2D eigenvalue weighted by Crippen LogP contribution is -2.45. The van der Waals surface area contributed by atoms with Crippen molar-refractivity contribution in [1.82, 2.24) is 10.6 Å². The highest BCUT2D eigenvalue weighted by atomic mass is 32.2. The Morgan fingerprint density at radius 1 is 1.16 bits per heavy atom. The summed E-state index contributed by atoms with van der Waals surface area (Å²) in [5.74, 6) is -0.406. The monoisotopic (exact) mass is 376 g/mol. The zero-order valence-electron chi connectivity index (χ0n) is 15.5. The highest BCUT2D eigenvalue weighted by Gasteiger charge is 2.25. The van der Waals surface area contributed by atoms with Crippen LogP contribution in [0.25, 0.3) is 0 Å². The maximum absolute atomic E-state index is 11.9. The van der Waals surface area contributed by atoms with Gasteiger partial charge in [-0.15, -0.1) is 0 Å². The van der Waals surface area contributed by atoms with Gasteiger partial charge in [-0.2, -0.15) is 0 Å². The lowest BCUT2D eigenvalue weighted by molar-refractivity contribution is -0.145. The fourth-order valence-electron chi connectivity index (χ4n) is 1.69. The summed E-state index contributed by atoms with van der Waals surface area (Å²) in [5.41, 5.74) is -0.699. The van der Waals surface area contributed by atoms with Gasteiger partial charge in [0.25, 0.3) is 0 Å². The van der Waals surface area contributed by atoms with E-state index in [4.69, 9.17) is 9.47 Å². The van der Waals surface area contributed by atoms with Crippen molar-refractivity contribution in [3.05, 3.63) is 0 Å². The van der Waals surface area contributed by atoms with E-state index in [0.29, 0.717) is 12.3 Å². The molecule has 144 valence electrons. The number of rotatable bonds is 9. The van der Waals surface area contributed by atoms with Gasteiger partial charge in [0, 0.05) is 25.6 Å². The molecular weight excluding hydrogens is 348 g/mol. The average molecular weight is 376 g/mol. The van der Waals surface area contributed by atoms with Crippen molar-refractivity contribution < 1.29 is 28.7 Å². The van der Waals surface area contributed by atoms with Crippen LogP contribution in [0.1, 0.15) is 47.5 Å². The van der Waals surface area contributed by atoms with E-state index in [2.05, 4.69) is 10.6 Å². The number of carbonyl (C=O) groups is 4. The summed E-state index contributed by atoms with van der Waals surface area (Å²) in [6.45, 7) is 8.75. The van der Waals surface area contributed by atoms with Crippen LogP contribution in [0.5, 0.6) is 0 Å². The summed E-state index contributed by atoms with van der Waals surface area (Å²) in [5, 5.41) is 5.06. The number of alkyl carbamates (subject to hydrolysis) is 1.